The van der Waals surface area contributed by atoms with Gasteiger partial charge in [0.15, 0.2) is 17.2 Å². The molecule has 0 radical (unpaired) electrons. The SMILES string of the molecule is C=C/C=C(\C=C(/C)c1cnc2[nH]nc(-c3cccc(F)c3OC)c2c1)S(=O)(=O)N(C)C(C)(C)C. The number of methoxy groups -OCH3 is 1. The topological polar surface area (TPSA) is 88.2 Å². The molecular weight excluding hydrogens is 455 g/mol. The zero-order valence-electron chi connectivity index (χ0n) is 20.2. The maximum Gasteiger partial charge on any atom is 0.243 e. The number of para-hydroxylation sites is 1. The molecule has 9 heteroatoms. The van der Waals surface area contributed by atoms with Crippen LogP contribution >= 0.6 is 0 Å². The molecule has 0 aliphatic rings. The molecule has 0 fully saturated rings. The van der Waals surface area contributed by atoms with Crippen LogP contribution in [0.4, 0.5) is 4.39 Å². The van der Waals surface area contributed by atoms with Gasteiger partial charge in [-0.2, -0.15) is 9.40 Å². The minimum Gasteiger partial charge on any atom is -0.493 e. The minimum absolute atomic E-state index is 0.0843. The fourth-order valence-corrected chi connectivity index (χ4v) is 5.00. The van der Waals surface area contributed by atoms with Crippen molar-refractivity contribution in [2.75, 3.05) is 14.2 Å². The molecule has 7 nitrogen and oxygen atoms in total. The Hall–Kier alpha value is -3.30. The third kappa shape index (κ3) is 4.80. The van der Waals surface area contributed by atoms with E-state index >= 15 is 0 Å². The highest BCUT2D eigenvalue weighted by Gasteiger charge is 2.31. The lowest BCUT2D eigenvalue weighted by atomic mass is 10.0. The first-order valence-corrected chi connectivity index (χ1v) is 12.0. The first-order valence-electron chi connectivity index (χ1n) is 10.6. The van der Waals surface area contributed by atoms with E-state index in [0.29, 0.717) is 33.4 Å². The first kappa shape index (κ1) is 25.3. The van der Waals surface area contributed by atoms with Crippen LogP contribution in [0.5, 0.6) is 5.75 Å². The van der Waals surface area contributed by atoms with E-state index in [9.17, 15) is 12.8 Å². The number of halogens is 1. The summed E-state index contributed by atoms with van der Waals surface area (Å²) in [6.07, 6.45) is 6.13. The Morgan fingerprint density at radius 2 is 2.00 bits per heavy atom. The van der Waals surface area contributed by atoms with Crippen molar-refractivity contribution in [2.24, 2.45) is 0 Å². The van der Waals surface area contributed by atoms with Gasteiger partial charge in [-0.15, -0.1) is 0 Å². The van der Waals surface area contributed by atoms with E-state index in [1.807, 2.05) is 26.8 Å². The van der Waals surface area contributed by atoms with Gasteiger partial charge in [0.1, 0.15) is 5.69 Å². The average molecular weight is 485 g/mol. The lowest BCUT2D eigenvalue weighted by Gasteiger charge is -2.31. The fourth-order valence-electron chi connectivity index (χ4n) is 3.37. The molecule has 1 aromatic carbocycles. The van der Waals surface area contributed by atoms with Crippen molar-refractivity contribution in [1.82, 2.24) is 19.5 Å². The third-order valence-corrected chi connectivity index (χ3v) is 7.66. The van der Waals surface area contributed by atoms with E-state index in [1.165, 1.54) is 29.6 Å². The maximum atomic E-state index is 14.3. The average Bonchev–Trinajstić information content (AvgIpc) is 3.20. The summed E-state index contributed by atoms with van der Waals surface area (Å²) in [5, 5.41) is 7.82. The Kier molecular flexibility index (Phi) is 7.09. The van der Waals surface area contributed by atoms with Gasteiger partial charge in [0.25, 0.3) is 0 Å². The Bertz CT molecular complexity index is 1400. The second-order valence-electron chi connectivity index (χ2n) is 8.79. The number of H-pyrrole nitrogens is 1. The van der Waals surface area contributed by atoms with Crippen LogP contribution in [0.15, 0.2) is 60.2 Å². The molecule has 0 unspecified atom stereocenters. The fraction of sp³-hybridized carbons (Fsp3) is 0.280. The Labute approximate surface area is 199 Å². The van der Waals surface area contributed by atoms with Gasteiger partial charge in [-0.3, -0.25) is 5.10 Å². The molecular formula is C25H29FN4O3S. The molecule has 1 N–H and O–H groups in total. The number of sulfonamides is 1. The summed E-state index contributed by atoms with van der Waals surface area (Å²) < 4.78 is 47.3. The smallest absolute Gasteiger partial charge is 0.243 e. The maximum absolute atomic E-state index is 14.3. The van der Waals surface area contributed by atoms with Crippen LogP contribution in [0.2, 0.25) is 0 Å². The number of benzene rings is 1. The molecule has 3 rings (SSSR count). The molecule has 0 spiro atoms. The van der Waals surface area contributed by atoms with Crippen molar-refractivity contribution in [2.45, 2.75) is 33.2 Å². The third-order valence-electron chi connectivity index (χ3n) is 5.54. The van der Waals surface area contributed by atoms with Crippen LogP contribution < -0.4 is 4.74 Å². The van der Waals surface area contributed by atoms with Crippen molar-refractivity contribution in [3.8, 4) is 17.0 Å². The van der Waals surface area contributed by atoms with Gasteiger partial charge >= 0.3 is 0 Å². The van der Waals surface area contributed by atoms with E-state index in [0.717, 1.165) is 0 Å². The summed E-state index contributed by atoms with van der Waals surface area (Å²) in [6.45, 7) is 10.9. The van der Waals surface area contributed by atoms with Gasteiger partial charge in [-0.05, 0) is 69.2 Å². The molecule has 180 valence electrons. The molecule has 0 atom stereocenters. The van der Waals surface area contributed by atoms with E-state index in [4.69, 9.17) is 4.74 Å². The first-order chi connectivity index (χ1) is 15.9. The van der Waals surface area contributed by atoms with Crippen LogP contribution in [-0.4, -0.2) is 47.6 Å². The number of nitrogens with one attached hydrogen (secondary N) is 1. The van der Waals surface area contributed by atoms with Crippen LogP contribution in [0.1, 0.15) is 33.3 Å². The Morgan fingerprint density at radius 3 is 2.62 bits per heavy atom. The highest BCUT2D eigenvalue weighted by Crippen LogP contribution is 2.35. The van der Waals surface area contributed by atoms with Gasteiger partial charge in [0.05, 0.1) is 12.0 Å². The number of ether oxygens (including phenoxy) is 1. The zero-order chi connectivity index (χ0) is 25.3. The Balaban J connectivity index is 2.12. The Morgan fingerprint density at radius 1 is 1.29 bits per heavy atom. The predicted molar refractivity (Wildman–Crippen MR) is 134 cm³/mol. The number of hydrogen-bond acceptors (Lipinski definition) is 5. The summed E-state index contributed by atoms with van der Waals surface area (Å²) >= 11 is 0. The predicted octanol–water partition coefficient (Wildman–Crippen LogP) is 5.31. The van der Waals surface area contributed by atoms with Crippen molar-refractivity contribution in [3.05, 3.63) is 71.6 Å². The standard InChI is InChI=1S/C25H29FN4O3S/c1-8-10-18(34(31,32)30(6)25(3,4)5)13-16(2)17-14-20-22(28-29-24(20)27-15-17)19-11-9-12-21(26)23(19)33-7/h8-15H,1H2,2-7H3,(H,27,28,29)/b16-13+,18-10+. The van der Waals surface area contributed by atoms with Gasteiger partial charge < -0.3 is 4.74 Å². The second-order valence-corrected chi connectivity index (χ2v) is 10.8. The van der Waals surface area contributed by atoms with Crippen LogP contribution in [0, 0.1) is 5.82 Å². The summed E-state index contributed by atoms with van der Waals surface area (Å²) in [4.78, 5) is 4.53. The highest BCUT2D eigenvalue weighted by atomic mass is 32.2. The van der Waals surface area contributed by atoms with E-state index in [1.54, 1.807) is 38.4 Å². The summed E-state index contributed by atoms with van der Waals surface area (Å²) in [7, 11) is -0.823. The number of aromatic nitrogens is 3. The molecule has 0 aliphatic carbocycles. The number of hydrogen-bond donors (Lipinski definition) is 1. The van der Waals surface area contributed by atoms with Gasteiger partial charge in [-0.1, -0.05) is 18.7 Å². The molecule has 34 heavy (non-hydrogen) atoms. The molecule has 0 saturated heterocycles. The quantitative estimate of drug-likeness (QED) is 0.460. The van der Waals surface area contributed by atoms with Crippen LogP contribution in [0.3, 0.4) is 0 Å². The number of fused-ring (bicyclic) bond motifs is 1. The van der Waals surface area contributed by atoms with E-state index in [2.05, 4.69) is 21.8 Å². The van der Waals surface area contributed by atoms with Crippen molar-refractivity contribution >= 4 is 26.6 Å². The van der Waals surface area contributed by atoms with Gasteiger partial charge in [0, 0.05) is 29.7 Å². The van der Waals surface area contributed by atoms with E-state index < -0.39 is 21.4 Å². The summed E-state index contributed by atoms with van der Waals surface area (Å²) in [6, 6.07) is 6.45. The van der Waals surface area contributed by atoms with Crippen molar-refractivity contribution in [1.29, 1.82) is 0 Å². The zero-order valence-corrected chi connectivity index (χ0v) is 21.0. The van der Waals surface area contributed by atoms with Crippen LogP contribution in [0.25, 0.3) is 27.9 Å². The largest absolute Gasteiger partial charge is 0.493 e. The molecule has 0 aliphatic heterocycles. The highest BCUT2D eigenvalue weighted by molar-refractivity contribution is 7.93. The number of pyridine rings is 1. The number of nitrogens with zero attached hydrogens (tertiary/aromatic N) is 3. The molecule has 2 aromatic heterocycles. The minimum atomic E-state index is -3.77. The number of allylic oxidation sites excluding steroid dienone is 4. The molecule has 2 heterocycles. The molecule has 0 saturated carbocycles. The van der Waals surface area contributed by atoms with Crippen molar-refractivity contribution < 1.29 is 17.5 Å². The molecule has 0 bridgehead atoms. The monoisotopic (exact) mass is 484 g/mol. The summed E-state index contributed by atoms with van der Waals surface area (Å²) in [5.41, 5.74) is 2.24. The van der Waals surface area contributed by atoms with E-state index in [-0.39, 0.29) is 10.7 Å². The summed E-state index contributed by atoms with van der Waals surface area (Å²) in [5.74, 6) is -0.412. The van der Waals surface area contributed by atoms with Crippen molar-refractivity contribution in [3.63, 3.8) is 0 Å². The number of rotatable bonds is 7. The normalized spacial score (nSPS) is 13.5. The van der Waals surface area contributed by atoms with Gasteiger partial charge in [-0.25, -0.2) is 17.8 Å². The molecule has 3 aromatic rings. The number of aromatic amines is 1. The lowest BCUT2D eigenvalue weighted by Crippen LogP contribution is -2.42. The van der Waals surface area contributed by atoms with Crippen LogP contribution in [-0.2, 0) is 10.0 Å². The lowest BCUT2D eigenvalue weighted by molar-refractivity contribution is 0.294. The second kappa shape index (κ2) is 9.52. The molecule has 0 amide bonds. The van der Waals surface area contributed by atoms with Gasteiger partial charge in [0.2, 0.25) is 10.0 Å².